The molecule has 0 unspecified atom stereocenters. The van der Waals surface area contributed by atoms with Gasteiger partial charge in [-0.05, 0) is 29.8 Å². The Hall–Kier alpha value is -0.220. The van der Waals surface area contributed by atoms with E-state index in [1.807, 2.05) is 13.8 Å². The van der Waals surface area contributed by atoms with Crippen molar-refractivity contribution in [1.82, 2.24) is 4.98 Å². The van der Waals surface area contributed by atoms with Crippen LogP contribution in [0.25, 0.3) is 0 Å². The molecule has 0 amide bonds. The predicted molar refractivity (Wildman–Crippen MR) is 49.2 cm³/mol. The Morgan fingerprint density at radius 2 is 2.27 bits per heavy atom. The number of carbonyl (C=O) groups is 1. The average molecular weight is 234 g/mol. The van der Waals surface area contributed by atoms with E-state index in [2.05, 4.69) is 20.9 Å². The summed E-state index contributed by atoms with van der Waals surface area (Å²) in [5.74, 6) is 0. The molecular weight excluding hydrogens is 226 g/mol. The van der Waals surface area contributed by atoms with E-state index in [4.69, 9.17) is 0 Å². The van der Waals surface area contributed by atoms with Gasteiger partial charge in [0.05, 0.1) is 12.1 Å². The van der Waals surface area contributed by atoms with Crippen molar-refractivity contribution in [2.45, 2.75) is 20.3 Å². The van der Waals surface area contributed by atoms with Crippen LogP contribution in [0.1, 0.15) is 15.6 Å². The molecule has 0 atom stereocenters. The number of rotatable bonds is 2. The molecule has 11 heavy (non-hydrogen) atoms. The number of aromatic nitrogens is 1. The zero-order valence-electron chi connectivity index (χ0n) is 6.35. The molecule has 0 aromatic carbocycles. The lowest BCUT2D eigenvalue weighted by molar-refractivity contribution is -0.109. The molecule has 60 valence electrons. The average Bonchev–Trinajstić information content (AvgIpc) is 2.10. The van der Waals surface area contributed by atoms with Gasteiger partial charge in [-0.2, -0.15) is 0 Å². The first-order valence-electron chi connectivity index (χ1n) is 3.21. The van der Waals surface area contributed by atoms with Gasteiger partial charge in [0.25, 0.3) is 0 Å². The van der Waals surface area contributed by atoms with Crippen molar-refractivity contribution >= 4 is 32.0 Å². The van der Waals surface area contributed by atoms with Crippen molar-refractivity contribution in [3.8, 4) is 0 Å². The number of carbonyl (C=O) groups excluding carboxylic acids is 1. The first-order valence-corrected chi connectivity index (χ1v) is 4.82. The standard InChI is InChI=1S/C7H8BrNOS/c1-4-5(2)11-7(9-4)3-6(8)10/h3H2,1-2H3. The van der Waals surface area contributed by atoms with Gasteiger partial charge < -0.3 is 0 Å². The molecule has 0 bridgehead atoms. The van der Waals surface area contributed by atoms with Gasteiger partial charge >= 0.3 is 0 Å². The predicted octanol–water partition coefficient (Wildman–Crippen LogP) is 2.22. The lowest BCUT2D eigenvalue weighted by Gasteiger charge is -1.84. The van der Waals surface area contributed by atoms with E-state index in [0.717, 1.165) is 10.7 Å². The minimum Gasteiger partial charge on any atom is -0.286 e. The molecule has 0 radical (unpaired) electrons. The summed E-state index contributed by atoms with van der Waals surface area (Å²) in [6, 6.07) is 0. The van der Waals surface area contributed by atoms with Crippen molar-refractivity contribution in [3.63, 3.8) is 0 Å². The number of halogens is 1. The van der Waals surface area contributed by atoms with E-state index in [1.165, 1.54) is 4.88 Å². The monoisotopic (exact) mass is 233 g/mol. The van der Waals surface area contributed by atoms with Crippen LogP contribution in [0.5, 0.6) is 0 Å². The minimum atomic E-state index is -0.00810. The third kappa shape index (κ3) is 2.38. The summed E-state index contributed by atoms with van der Waals surface area (Å²) < 4.78 is -0.00810. The molecule has 0 N–H and O–H groups in total. The molecule has 1 heterocycles. The zero-order valence-corrected chi connectivity index (χ0v) is 8.75. The van der Waals surface area contributed by atoms with Crippen molar-refractivity contribution in [2.24, 2.45) is 0 Å². The van der Waals surface area contributed by atoms with Crippen LogP contribution in [0.2, 0.25) is 0 Å². The second-order valence-electron chi connectivity index (χ2n) is 2.28. The summed E-state index contributed by atoms with van der Waals surface area (Å²) >= 11 is 4.45. The van der Waals surface area contributed by atoms with Gasteiger partial charge in [-0.25, -0.2) is 4.98 Å². The Morgan fingerprint density at radius 1 is 1.64 bits per heavy atom. The third-order valence-electron chi connectivity index (χ3n) is 1.36. The number of thiazole rings is 1. The van der Waals surface area contributed by atoms with Gasteiger partial charge in [-0.15, -0.1) is 11.3 Å². The molecule has 0 aliphatic heterocycles. The fourth-order valence-electron chi connectivity index (χ4n) is 0.734. The summed E-state index contributed by atoms with van der Waals surface area (Å²) in [6.07, 6.45) is 0.402. The van der Waals surface area contributed by atoms with Crippen LogP contribution in [0.4, 0.5) is 0 Å². The van der Waals surface area contributed by atoms with Crippen LogP contribution >= 0.6 is 27.3 Å². The van der Waals surface area contributed by atoms with Crippen molar-refractivity contribution in [3.05, 3.63) is 15.6 Å². The van der Waals surface area contributed by atoms with E-state index in [9.17, 15) is 4.79 Å². The van der Waals surface area contributed by atoms with Gasteiger partial charge in [0.1, 0.15) is 5.01 Å². The largest absolute Gasteiger partial charge is 0.286 e. The van der Waals surface area contributed by atoms with Crippen LogP contribution in [-0.2, 0) is 11.2 Å². The minimum absolute atomic E-state index is 0.00810. The molecule has 0 aliphatic rings. The number of hydrogen-bond acceptors (Lipinski definition) is 3. The molecule has 1 aromatic heterocycles. The normalized spacial score (nSPS) is 10.1. The van der Waals surface area contributed by atoms with Crippen molar-refractivity contribution in [1.29, 1.82) is 0 Å². The molecule has 1 rings (SSSR count). The van der Waals surface area contributed by atoms with Gasteiger partial charge in [-0.3, -0.25) is 4.79 Å². The van der Waals surface area contributed by atoms with Crippen LogP contribution in [0, 0.1) is 13.8 Å². The maximum atomic E-state index is 10.6. The second-order valence-corrected chi connectivity index (χ2v) is 4.45. The first kappa shape index (κ1) is 8.87. The highest BCUT2D eigenvalue weighted by molar-refractivity contribution is 9.18. The van der Waals surface area contributed by atoms with Gasteiger partial charge in [0.2, 0.25) is 4.69 Å². The van der Waals surface area contributed by atoms with Crippen LogP contribution < -0.4 is 0 Å². The van der Waals surface area contributed by atoms with Crippen molar-refractivity contribution in [2.75, 3.05) is 0 Å². The highest BCUT2D eigenvalue weighted by Crippen LogP contribution is 2.17. The molecule has 0 aliphatic carbocycles. The Bertz CT molecular complexity index is 262. The number of hydrogen-bond donors (Lipinski definition) is 0. The van der Waals surface area contributed by atoms with E-state index in [0.29, 0.717) is 6.42 Å². The third-order valence-corrected chi connectivity index (χ3v) is 2.72. The fourth-order valence-corrected chi connectivity index (χ4v) is 2.12. The summed E-state index contributed by atoms with van der Waals surface area (Å²) in [6.45, 7) is 3.96. The number of aryl methyl sites for hydroxylation is 2. The van der Waals surface area contributed by atoms with E-state index in [1.54, 1.807) is 11.3 Å². The second kappa shape index (κ2) is 3.45. The summed E-state index contributed by atoms with van der Waals surface area (Å²) in [5.41, 5.74) is 1.03. The first-order chi connectivity index (χ1) is 5.09. The summed E-state index contributed by atoms with van der Waals surface area (Å²) in [7, 11) is 0. The van der Waals surface area contributed by atoms with E-state index in [-0.39, 0.29) is 4.69 Å². The highest BCUT2D eigenvalue weighted by atomic mass is 79.9. The lowest BCUT2D eigenvalue weighted by atomic mass is 10.4. The molecule has 0 spiro atoms. The fraction of sp³-hybridized carbons (Fsp3) is 0.429. The van der Waals surface area contributed by atoms with Crippen molar-refractivity contribution < 1.29 is 4.79 Å². The molecule has 2 nitrogen and oxygen atoms in total. The SMILES string of the molecule is Cc1nc(CC(=O)Br)sc1C. The maximum absolute atomic E-state index is 10.6. The highest BCUT2D eigenvalue weighted by Gasteiger charge is 2.05. The van der Waals surface area contributed by atoms with E-state index < -0.39 is 0 Å². The van der Waals surface area contributed by atoms with Crippen LogP contribution in [0.3, 0.4) is 0 Å². The Balaban J connectivity index is 2.81. The summed E-state index contributed by atoms with van der Waals surface area (Å²) in [5, 5.41) is 0.891. The van der Waals surface area contributed by atoms with Gasteiger partial charge in [0, 0.05) is 4.88 Å². The quantitative estimate of drug-likeness (QED) is 0.734. The Labute approximate surface area is 77.8 Å². The molecule has 0 fully saturated rings. The zero-order chi connectivity index (χ0) is 8.43. The molecule has 1 aromatic rings. The maximum Gasteiger partial charge on any atom is 0.204 e. The molecule has 4 heteroatoms. The molecular formula is C7H8BrNOS. The Kier molecular flexibility index (Phi) is 2.78. The topological polar surface area (TPSA) is 30.0 Å². The van der Waals surface area contributed by atoms with E-state index >= 15 is 0 Å². The number of nitrogens with zero attached hydrogens (tertiary/aromatic N) is 1. The molecule has 0 saturated carbocycles. The Morgan fingerprint density at radius 3 is 2.64 bits per heavy atom. The van der Waals surface area contributed by atoms with Gasteiger partial charge in [0.15, 0.2) is 0 Å². The summed E-state index contributed by atoms with van der Waals surface area (Å²) in [4.78, 5) is 16.0. The van der Waals surface area contributed by atoms with Gasteiger partial charge in [-0.1, -0.05) is 0 Å². The molecule has 0 saturated heterocycles. The lowest BCUT2D eigenvalue weighted by Crippen LogP contribution is -1.91. The van der Waals surface area contributed by atoms with Crippen LogP contribution in [-0.4, -0.2) is 9.68 Å². The van der Waals surface area contributed by atoms with Crippen LogP contribution in [0.15, 0.2) is 0 Å². The smallest absolute Gasteiger partial charge is 0.204 e.